The number of likely N-dealkylation sites (tertiary alicyclic amines) is 1. The highest BCUT2D eigenvalue weighted by molar-refractivity contribution is 5.82. The van der Waals surface area contributed by atoms with Gasteiger partial charge in [0.2, 0.25) is 5.91 Å². The third-order valence-corrected chi connectivity index (χ3v) is 6.17. The molecule has 2 fully saturated rings. The van der Waals surface area contributed by atoms with Crippen LogP contribution in [0.15, 0.2) is 12.1 Å². The molecule has 2 saturated heterocycles. The molecule has 2 aliphatic rings. The second-order valence-corrected chi connectivity index (χ2v) is 8.69. The summed E-state index contributed by atoms with van der Waals surface area (Å²) < 4.78 is 0. The summed E-state index contributed by atoms with van der Waals surface area (Å²) in [6, 6.07) is 3.94. The smallest absolute Gasteiger partial charge is 0.228 e. The van der Waals surface area contributed by atoms with Crippen molar-refractivity contribution in [2.24, 2.45) is 5.41 Å². The number of rotatable bonds is 4. The number of hydrogen-bond acceptors (Lipinski definition) is 6. The fourth-order valence-corrected chi connectivity index (χ4v) is 4.45. The molecule has 29 heavy (non-hydrogen) atoms. The zero-order chi connectivity index (χ0) is 20.4. The minimum atomic E-state index is -0.237. The van der Waals surface area contributed by atoms with Gasteiger partial charge in [-0.05, 0) is 52.6 Å². The molecular weight excluding hydrogens is 366 g/mol. The molecule has 0 aliphatic carbocycles. The number of piperidine rings is 2. The van der Waals surface area contributed by atoms with Gasteiger partial charge >= 0.3 is 0 Å². The molecule has 1 unspecified atom stereocenters. The fourth-order valence-electron chi connectivity index (χ4n) is 4.45. The lowest BCUT2D eigenvalue weighted by atomic mass is 9.79. The average Bonchev–Trinajstić information content (AvgIpc) is 3.12. The number of nitrogens with zero attached hydrogens (tertiary/aromatic N) is 4. The number of nitrogens with one attached hydrogen (secondary N) is 3. The van der Waals surface area contributed by atoms with Gasteiger partial charge in [0.25, 0.3) is 0 Å². The van der Waals surface area contributed by atoms with Gasteiger partial charge in [-0.25, -0.2) is 9.97 Å². The molecule has 4 heterocycles. The Morgan fingerprint density at radius 3 is 2.72 bits per heavy atom. The van der Waals surface area contributed by atoms with E-state index in [1.54, 1.807) is 0 Å². The van der Waals surface area contributed by atoms with E-state index in [2.05, 4.69) is 37.6 Å². The highest BCUT2D eigenvalue weighted by atomic mass is 16.2. The lowest BCUT2D eigenvalue weighted by Gasteiger charge is -2.40. The molecule has 8 heteroatoms. The van der Waals surface area contributed by atoms with Gasteiger partial charge in [0.1, 0.15) is 11.6 Å². The first-order valence-electron chi connectivity index (χ1n) is 10.6. The van der Waals surface area contributed by atoms with Gasteiger partial charge in [-0.15, -0.1) is 0 Å². The minimum Gasteiger partial charge on any atom is -0.342 e. The van der Waals surface area contributed by atoms with Crippen LogP contribution in [-0.4, -0.2) is 57.2 Å². The van der Waals surface area contributed by atoms with E-state index < -0.39 is 0 Å². The van der Waals surface area contributed by atoms with Crippen LogP contribution in [0.1, 0.15) is 55.7 Å². The second-order valence-electron chi connectivity index (χ2n) is 8.69. The van der Waals surface area contributed by atoms with Crippen molar-refractivity contribution in [1.82, 2.24) is 30.4 Å². The van der Waals surface area contributed by atoms with E-state index in [4.69, 9.17) is 4.98 Å². The number of carbonyl (C=O) groups is 1. The third kappa shape index (κ3) is 4.42. The Morgan fingerprint density at radius 1 is 1.21 bits per heavy atom. The largest absolute Gasteiger partial charge is 0.342 e. The number of aromatic nitrogens is 4. The Labute approximate surface area is 171 Å². The number of H-pyrrole nitrogens is 1. The quantitative estimate of drug-likeness (QED) is 0.734. The van der Waals surface area contributed by atoms with Crippen molar-refractivity contribution >= 4 is 17.5 Å². The maximum absolute atomic E-state index is 13.3. The number of anilines is 2. The van der Waals surface area contributed by atoms with Gasteiger partial charge in [0.05, 0.1) is 5.69 Å². The average molecular weight is 398 g/mol. The van der Waals surface area contributed by atoms with Gasteiger partial charge in [-0.3, -0.25) is 9.89 Å². The molecule has 156 valence electrons. The van der Waals surface area contributed by atoms with E-state index in [1.165, 1.54) is 0 Å². The Hall–Kier alpha value is -2.48. The van der Waals surface area contributed by atoms with Gasteiger partial charge in [0.15, 0.2) is 5.82 Å². The van der Waals surface area contributed by atoms with E-state index in [9.17, 15) is 4.79 Å². The van der Waals surface area contributed by atoms with Crippen LogP contribution >= 0.6 is 0 Å². The van der Waals surface area contributed by atoms with Crippen molar-refractivity contribution in [3.05, 3.63) is 29.3 Å². The predicted molar refractivity (Wildman–Crippen MR) is 112 cm³/mol. The molecule has 4 rings (SSSR count). The van der Waals surface area contributed by atoms with Gasteiger partial charge < -0.3 is 15.5 Å². The van der Waals surface area contributed by atoms with Crippen molar-refractivity contribution in [2.75, 3.05) is 31.5 Å². The highest BCUT2D eigenvalue weighted by Gasteiger charge is 2.39. The number of aromatic amines is 1. The van der Waals surface area contributed by atoms with E-state index >= 15 is 0 Å². The zero-order valence-electron chi connectivity index (χ0n) is 17.6. The SMILES string of the molecule is Cc1nc(Nc2cc(C)[nH]n2)cc(C2CCCN(C(=O)C3(C)CCNCC3)C2)n1. The first kappa shape index (κ1) is 19.8. The van der Waals surface area contributed by atoms with Crippen LogP contribution in [0.25, 0.3) is 0 Å². The molecule has 0 bridgehead atoms. The van der Waals surface area contributed by atoms with Crippen LogP contribution in [0, 0.1) is 19.3 Å². The van der Waals surface area contributed by atoms with E-state index in [1.807, 2.05) is 26.0 Å². The topological polar surface area (TPSA) is 98.8 Å². The van der Waals surface area contributed by atoms with Crippen LogP contribution in [0.3, 0.4) is 0 Å². The van der Waals surface area contributed by atoms with Gasteiger partial charge in [0, 0.05) is 42.2 Å². The lowest BCUT2D eigenvalue weighted by Crippen LogP contribution is -2.50. The summed E-state index contributed by atoms with van der Waals surface area (Å²) in [6.07, 6.45) is 3.88. The van der Waals surface area contributed by atoms with Gasteiger partial charge in [-0.2, -0.15) is 5.10 Å². The molecule has 3 N–H and O–H groups in total. The molecule has 2 aliphatic heterocycles. The van der Waals surface area contributed by atoms with E-state index in [0.29, 0.717) is 5.91 Å². The summed E-state index contributed by atoms with van der Waals surface area (Å²) in [5.41, 5.74) is 1.76. The van der Waals surface area contributed by atoms with Crippen LogP contribution in [-0.2, 0) is 4.79 Å². The molecule has 1 amide bonds. The molecule has 2 aromatic heterocycles. The van der Waals surface area contributed by atoms with Crippen molar-refractivity contribution in [1.29, 1.82) is 0 Å². The molecular formula is C21H31N7O. The molecule has 0 aromatic carbocycles. The summed E-state index contributed by atoms with van der Waals surface area (Å²) in [5, 5.41) is 13.8. The predicted octanol–water partition coefficient (Wildman–Crippen LogP) is 2.66. The maximum Gasteiger partial charge on any atom is 0.228 e. The minimum absolute atomic E-state index is 0.237. The van der Waals surface area contributed by atoms with Crippen LogP contribution < -0.4 is 10.6 Å². The van der Waals surface area contributed by atoms with E-state index in [-0.39, 0.29) is 11.3 Å². The zero-order valence-corrected chi connectivity index (χ0v) is 17.6. The summed E-state index contributed by atoms with van der Waals surface area (Å²) in [6.45, 7) is 9.43. The summed E-state index contributed by atoms with van der Waals surface area (Å²) in [7, 11) is 0. The standard InChI is InChI=1S/C21H31N7O/c1-14-11-19(27-26-14)25-18-12-17(23-15(2)24-18)16-5-4-10-28(13-16)20(29)21(3)6-8-22-9-7-21/h11-12,16,22H,4-10,13H2,1-3H3,(H2,23,24,25,26,27). The Kier molecular flexibility index (Phi) is 5.54. The Morgan fingerprint density at radius 2 is 2.00 bits per heavy atom. The highest BCUT2D eigenvalue weighted by Crippen LogP contribution is 2.34. The van der Waals surface area contributed by atoms with Crippen LogP contribution in [0.5, 0.6) is 0 Å². The van der Waals surface area contributed by atoms with Gasteiger partial charge in [-0.1, -0.05) is 6.92 Å². The van der Waals surface area contributed by atoms with E-state index in [0.717, 1.165) is 80.7 Å². The molecule has 0 radical (unpaired) electrons. The molecule has 0 spiro atoms. The molecule has 1 atom stereocenters. The normalized spacial score (nSPS) is 21.8. The van der Waals surface area contributed by atoms with Crippen LogP contribution in [0.2, 0.25) is 0 Å². The van der Waals surface area contributed by atoms with Crippen molar-refractivity contribution in [3.8, 4) is 0 Å². The summed E-state index contributed by atoms with van der Waals surface area (Å²) in [4.78, 5) is 24.5. The number of carbonyl (C=O) groups excluding carboxylic acids is 1. The maximum atomic E-state index is 13.3. The second kappa shape index (κ2) is 8.10. The number of amides is 1. The van der Waals surface area contributed by atoms with Crippen LogP contribution in [0.4, 0.5) is 11.6 Å². The monoisotopic (exact) mass is 397 g/mol. The fraction of sp³-hybridized carbons (Fsp3) is 0.619. The first-order chi connectivity index (χ1) is 13.9. The first-order valence-corrected chi connectivity index (χ1v) is 10.6. The molecule has 0 saturated carbocycles. The number of hydrogen-bond donors (Lipinski definition) is 3. The summed E-state index contributed by atoms with van der Waals surface area (Å²) in [5.74, 6) is 2.76. The Balaban J connectivity index is 1.49. The lowest BCUT2D eigenvalue weighted by molar-refractivity contribution is -0.144. The van der Waals surface area contributed by atoms with Crippen molar-refractivity contribution in [2.45, 2.75) is 52.4 Å². The molecule has 2 aromatic rings. The Bertz CT molecular complexity index is 872. The van der Waals surface area contributed by atoms with Crippen molar-refractivity contribution < 1.29 is 4.79 Å². The number of aryl methyl sites for hydroxylation is 2. The molecule has 8 nitrogen and oxygen atoms in total. The third-order valence-electron chi connectivity index (χ3n) is 6.17. The summed E-state index contributed by atoms with van der Waals surface area (Å²) >= 11 is 0. The van der Waals surface area contributed by atoms with Crippen molar-refractivity contribution in [3.63, 3.8) is 0 Å².